The lowest BCUT2D eigenvalue weighted by Crippen LogP contribution is -2.41. The van der Waals surface area contributed by atoms with Gasteiger partial charge in [-0.25, -0.2) is 0 Å². The molecule has 1 aliphatic heterocycles. The summed E-state index contributed by atoms with van der Waals surface area (Å²) >= 11 is 5.45. The predicted molar refractivity (Wildman–Crippen MR) is 121 cm³/mol. The fraction of sp³-hybridized carbons (Fsp3) is 0.333. The van der Waals surface area contributed by atoms with E-state index in [2.05, 4.69) is 5.32 Å². The van der Waals surface area contributed by atoms with Crippen molar-refractivity contribution in [3.63, 3.8) is 0 Å². The van der Waals surface area contributed by atoms with Crippen molar-refractivity contribution in [3.8, 4) is 11.5 Å². The van der Waals surface area contributed by atoms with Gasteiger partial charge in [-0.3, -0.25) is 9.69 Å². The average Bonchev–Trinajstić information content (AvgIpc) is 3.06. The zero-order chi connectivity index (χ0) is 20.9. The van der Waals surface area contributed by atoms with Crippen molar-refractivity contribution in [2.75, 3.05) is 7.11 Å². The van der Waals surface area contributed by atoms with Crippen LogP contribution in [0.5, 0.6) is 11.5 Å². The summed E-state index contributed by atoms with van der Waals surface area (Å²) in [5.74, 6) is 1.24. The Bertz CT molecular complexity index is 952. The molecule has 156 valence electrons. The van der Waals surface area contributed by atoms with Crippen molar-refractivity contribution < 1.29 is 14.3 Å². The number of methoxy groups -OCH3 is 1. The summed E-state index contributed by atoms with van der Waals surface area (Å²) in [6.45, 7) is 0.461. The molecule has 0 aromatic heterocycles. The van der Waals surface area contributed by atoms with Crippen molar-refractivity contribution >= 4 is 29.3 Å². The van der Waals surface area contributed by atoms with Gasteiger partial charge >= 0.3 is 0 Å². The molecule has 1 aliphatic carbocycles. The fourth-order valence-electron chi connectivity index (χ4n) is 4.01. The first-order chi connectivity index (χ1) is 14.7. The number of benzene rings is 2. The molecule has 1 N–H and O–H groups in total. The van der Waals surface area contributed by atoms with Crippen LogP contribution in [-0.4, -0.2) is 29.1 Å². The van der Waals surface area contributed by atoms with E-state index in [1.165, 1.54) is 6.42 Å². The van der Waals surface area contributed by atoms with Gasteiger partial charge in [-0.15, -0.1) is 0 Å². The smallest absolute Gasteiger partial charge is 0.276 e. The topological polar surface area (TPSA) is 50.8 Å². The minimum absolute atomic E-state index is 0.0460. The lowest BCUT2D eigenvalue weighted by atomic mass is 9.94. The van der Waals surface area contributed by atoms with E-state index in [0.717, 1.165) is 36.8 Å². The van der Waals surface area contributed by atoms with Crippen LogP contribution in [0.25, 0.3) is 6.08 Å². The molecule has 0 radical (unpaired) electrons. The number of thiocarbonyl (C=S) groups is 1. The Morgan fingerprint density at radius 3 is 2.60 bits per heavy atom. The van der Waals surface area contributed by atoms with Crippen LogP contribution in [0.15, 0.2) is 54.2 Å². The van der Waals surface area contributed by atoms with Crippen LogP contribution in [0.1, 0.15) is 43.2 Å². The van der Waals surface area contributed by atoms with Crippen LogP contribution in [0, 0.1) is 0 Å². The predicted octanol–water partition coefficient (Wildman–Crippen LogP) is 4.66. The molecule has 0 atom stereocenters. The third-order valence-corrected chi connectivity index (χ3v) is 5.88. The average molecular weight is 423 g/mol. The third kappa shape index (κ3) is 4.49. The molecule has 2 aliphatic rings. The summed E-state index contributed by atoms with van der Waals surface area (Å²) in [4.78, 5) is 14.7. The molecular weight excluding hydrogens is 396 g/mol. The number of carbonyl (C=O) groups is 1. The first kappa shape index (κ1) is 20.4. The highest BCUT2D eigenvalue weighted by Crippen LogP contribution is 2.31. The minimum Gasteiger partial charge on any atom is -0.493 e. The molecule has 0 bridgehead atoms. The Labute approximate surface area is 182 Å². The molecule has 1 amide bonds. The second kappa shape index (κ2) is 9.30. The van der Waals surface area contributed by atoms with Crippen LogP contribution in [0.2, 0.25) is 0 Å². The van der Waals surface area contributed by atoms with E-state index in [-0.39, 0.29) is 11.9 Å². The van der Waals surface area contributed by atoms with Crippen molar-refractivity contribution in [2.45, 2.75) is 44.8 Å². The van der Waals surface area contributed by atoms with Gasteiger partial charge in [0.25, 0.3) is 5.91 Å². The van der Waals surface area contributed by atoms with E-state index < -0.39 is 0 Å². The van der Waals surface area contributed by atoms with Crippen molar-refractivity contribution in [1.29, 1.82) is 0 Å². The standard InChI is InChI=1S/C24H26N2O3S/c1-28-22-15-18(12-13-21(22)29-16-17-8-4-2-5-9-17)14-20-23(27)26(24(30)25-20)19-10-6-3-7-11-19/h2,4-5,8-9,12-15,19H,3,6-7,10-11,16H2,1H3,(H,25,30). The highest BCUT2D eigenvalue weighted by Gasteiger charge is 2.36. The van der Waals surface area contributed by atoms with Gasteiger partial charge in [0.1, 0.15) is 12.3 Å². The van der Waals surface area contributed by atoms with E-state index >= 15 is 0 Å². The lowest BCUT2D eigenvalue weighted by Gasteiger charge is -2.29. The Hall–Kier alpha value is -2.86. The van der Waals surface area contributed by atoms with E-state index in [0.29, 0.717) is 28.9 Å². The normalized spacial score (nSPS) is 18.6. The SMILES string of the molecule is COc1cc(C=C2NC(=S)N(C3CCCCC3)C2=O)ccc1OCc1ccccc1. The van der Waals surface area contributed by atoms with Crippen LogP contribution >= 0.6 is 12.2 Å². The summed E-state index contributed by atoms with van der Waals surface area (Å²) in [6.07, 6.45) is 7.39. The molecule has 0 spiro atoms. The molecule has 30 heavy (non-hydrogen) atoms. The number of carbonyl (C=O) groups excluding carboxylic acids is 1. The monoisotopic (exact) mass is 422 g/mol. The number of hydrogen-bond acceptors (Lipinski definition) is 4. The first-order valence-electron chi connectivity index (χ1n) is 10.4. The zero-order valence-electron chi connectivity index (χ0n) is 17.1. The molecule has 2 aromatic carbocycles. The van der Waals surface area contributed by atoms with Gasteiger partial charge < -0.3 is 14.8 Å². The lowest BCUT2D eigenvalue weighted by molar-refractivity contribution is -0.124. The Morgan fingerprint density at radius 2 is 1.87 bits per heavy atom. The van der Waals surface area contributed by atoms with Gasteiger partial charge in [0, 0.05) is 6.04 Å². The molecule has 1 saturated heterocycles. The van der Waals surface area contributed by atoms with Gasteiger partial charge in [0.05, 0.1) is 7.11 Å². The van der Waals surface area contributed by atoms with Crippen molar-refractivity contribution in [2.24, 2.45) is 0 Å². The summed E-state index contributed by atoms with van der Waals surface area (Å²) < 4.78 is 11.4. The second-order valence-corrected chi connectivity index (χ2v) is 8.03. The van der Waals surface area contributed by atoms with Crippen LogP contribution < -0.4 is 14.8 Å². The zero-order valence-corrected chi connectivity index (χ0v) is 17.9. The molecule has 0 unspecified atom stereocenters. The molecule has 4 rings (SSSR count). The van der Waals surface area contributed by atoms with Gasteiger partial charge in [-0.1, -0.05) is 55.7 Å². The first-order valence-corrected chi connectivity index (χ1v) is 10.8. The quantitative estimate of drug-likeness (QED) is 0.542. The Morgan fingerprint density at radius 1 is 1.10 bits per heavy atom. The van der Waals surface area contributed by atoms with E-state index in [4.69, 9.17) is 21.7 Å². The van der Waals surface area contributed by atoms with Gasteiger partial charge in [-0.05, 0) is 54.4 Å². The summed E-state index contributed by atoms with van der Waals surface area (Å²) in [6, 6.07) is 15.8. The van der Waals surface area contributed by atoms with Gasteiger partial charge in [-0.2, -0.15) is 0 Å². The van der Waals surface area contributed by atoms with Crippen LogP contribution in [0.4, 0.5) is 0 Å². The maximum atomic E-state index is 13.0. The largest absolute Gasteiger partial charge is 0.493 e. The fourth-order valence-corrected chi connectivity index (χ4v) is 4.36. The number of rotatable bonds is 6. The summed E-state index contributed by atoms with van der Waals surface area (Å²) in [5.41, 5.74) is 2.44. The Kier molecular flexibility index (Phi) is 6.33. The van der Waals surface area contributed by atoms with E-state index in [1.54, 1.807) is 12.0 Å². The van der Waals surface area contributed by atoms with Gasteiger partial charge in [0.15, 0.2) is 16.6 Å². The minimum atomic E-state index is -0.0460. The molecule has 1 heterocycles. The highest BCUT2D eigenvalue weighted by atomic mass is 32.1. The van der Waals surface area contributed by atoms with Crippen LogP contribution in [0.3, 0.4) is 0 Å². The second-order valence-electron chi connectivity index (χ2n) is 7.64. The summed E-state index contributed by atoms with van der Waals surface area (Å²) in [5, 5.41) is 3.60. The van der Waals surface area contributed by atoms with E-state index in [9.17, 15) is 4.79 Å². The molecule has 2 aromatic rings. The van der Waals surface area contributed by atoms with Gasteiger partial charge in [0.2, 0.25) is 0 Å². The maximum absolute atomic E-state index is 13.0. The molecule has 6 heteroatoms. The Balaban J connectivity index is 1.49. The van der Waals surface area contributed by atoms with E-state index in [1.807, 2.05) is 54.6 Å². The number of nitrogens with one attached hydrogen (secondary N) is 1. The molecule has 2 fully saturated rings. The number of ether oxygens (including phenoxy) is 2. The molecule has 5 nitrogen and oxygen atoms in total. The highest BCUT2D eigenvalue weighted by molar-refractivity contribution is 7.80. The van der Waals surface area contributed by atoms with Crippen molar-refractivity contribution in [1.82, 2.24) is 10.2 Å². The maximum Gasteiger partial charge on any atom is 0.276 e. The third-order valence-electron chi connectivity index (χ3n) is 5.59. The van der Waals surface area contributed by atoms with Crippen molar-refractivity contribution in [3.05, 3.63) is 65.4 Å². The number of hydrogen-bond donors (Lipinski definition) is 1. The van der Waals surface area contributed by atoms with Crippen LogP contribution in [-0.2, 0) is 11.4 Å². The molecular formula is C24H26N2O3S. The number of amides is 1. The molecule has 1 saturated carbocycles. The summed E-state index contributed by atoms with van der Waals surface area (Å²) in [7, 11) is 1.61. The number of nitrogens with zero attached hydrogens (tertiary/aromatic N) is 1.